The molecule has 1 amide bonds. The van der Waals surface area contributed by atoms with Crippen molar-refractivity contribution in [2.75, 3.05) is 45.2 Å². The van der Waals surface area contributed by atoms with Crippen molar-refractivity contribution < 1.29 is 14.3 Å². The number of aromatic nitrogens is 1. The Morgan fingerprint density at radius 3 is 2.88 bits per heavy atom. The number of carbonyl (C=O) groups is 1. The Kier molecular flexibility index (Phi) is 5.95. The zero-order valence-corrected chi connectivity index (χ0v) is 16.3. The lowest BCUT2D eigenvalue weighted by Gasteiger charge is -2.26. The van der Waals surface area contributed by atoms with Crippen molar-refractivity contribution in [1.82, 2.24) is 15.2 Å². The van der Waals surface area contributed by atoms with E-state index < -0.39 is 0 Å². The number of carbonyl (C=O) groups excluding carboxylic acids is 1. The molecule has 0 bridgehead atoms. The summed E-state index contributed by atoms with van der Waals surface area (Å²) in [6, 6.07) is 1.94. The molecule has 1 aliphatic rings. The van der Waals surface area contributed by atoms with Gasteiger partial charge in [-0.25, -0.2) is 4.98 Å². The van der Waals surface area contributed by atoms with E-state index in [9.17, 15) is 4.79 Å². The summed E-state index contributed by atoms with van der Waals surface area (Å²) in [4.78, 5) is 20.4. The van der Waals surface area contributed by atoms with E-state index in [1.54, 1.807) is 0 Å². The molecule has 0 atom stereocenters. The summed E-state index contributed by atoms with van der Waals surface area (Å²) in [6.07, 6.45) is 0. The van der Waals surface area contributed by atoms with Gasteiger partial charge >= 0.3 is 0 Å². The maximum atomic E-state index is 12.3. The first kappa shape index (κ1) is 18.9. The summed E-state index contributed by atoms with van der Waals surface area (Å²) in [5.74, 6) is 0.412. The molecule has 0 aromatic carbocycles. The van der Waals surface area contributed by atoms with Gasteiger partial charge in [0.05, 0.1) is 18.9 Å². The number of ether oxygens (including phenoxy) is 2. The number of hydrogen-bond acceptors (Lipinski definition) is 7. The monoisotopic (exact) mass is 378 g/mol. The highest BCUT2D eigenvalue weighted by molar-refractivity contribution is 7.21. The number of nitrogens with two attached hydrogens (primary N) is 1. The van der Waals surface area contributed by atoms with Crippen molar-refractivity contribution in [3.63, 3.8) is 0 Å². The average Bonchev–Trinajstić information content (AvgIpc) is 2.92. The molecule has 142 valence electrons. The van der Waals surface area contributed by atoms with Gasteiger partial charge < -0.3 is 20.5 Å². The van der Waals surface area contributed by atoms with E-state index in [4.69, 9.17) is 15.2 Å². The van der Waals surface area contributed by atoms with Gasteiger partial charge in [-0.2, -0.15) is 0 Å². The van der Waals surface area contributed by atoms with Gasteiger partial charge in [0.15, 0.2) is 0 Å². The molecule has 26 heavy (non-hydrogen) atoms. The fourth-order valence-electron chi connectivity index (χ4n) is 2.96. The van der Waals surface area contributed by atoms with Crippen molar-refractivity contribution in [3.05, 3.63) is 16.5 Å². The zero-order valence-electron chi connectivity index (χ0n) is 15.5. The van der Waals surface area contributed by atoms with Crippen LogP contribution in [0, 0.1) is 6.92 Å². The quantitative estimate of drug-likeness (QED) is 0.799. The van der Waals surface area contributed by atoms with Gasteiger partial charge in [-0.3, -0.25) is 9.69 Å². The first-order valence-electron chi connectivity index (χ1n) is 8.89. The third-order valence-electron chi connectivity index (χ3n) is 4.26. The molecule has 1 saturated heterocycles. The lowest BCUT2D eigenvalue weighted by atomic mass is 10.1. The average molecular weight is 378 g/mol. The molecule has 0 radical (unpaired) electrons. The number of hydrogen-bond donors (Lipinski definition) is 2. The number of pyridine rings is 1. The predicted molar refractivity (Wildman–Crippen MR) is 104 cm³/mol. The number of anilines is 1. The molecule has 3 heterocycles. The normalized spacial score (nSPS) is 15.5. The minimum atomic E-state index is -0.158. The number of fused-ring (bicyclic) bond motifs is 1. The number of nitrogens with zero attached hydrogens (tertiary/aromatic N) is 2. The minimum absolute atomic E-state index is 0.0558. The minimum Gasteiger partial charge on any atom is -0.476 e. The van der Waals surface area contributed by atoms with E-state index in [0.717, 1.165) is 48.6 Å². The van der Waals surface area contributed by atoms with Crippen LogP contribution < -0.4 is 15.8 Å². The lowest BCUT2D eigenvalue weighted by Crippen LogP contribution is -2.38. The van der Waals surface area contributed by atoms with E-state index in [2.05, 4.69) is 15.2 Å². The van der Waals surface area contributed by atoms with Crippen LogP contribution in [0.25, 0.3) is 10.2 Å². The van der Waals surface area contributed by atoms with Crippen LogP contribution in [0.5, 0.6) is 5.88 Å². The molecule has 8 heteroatoms. The molecule has 7 nitrogen and oxygen atoms in total. The van der Waals surface area contributed by atoms with Crippen molar-refractivity contribution in [1.29, 1.82) is 0 Å². The van der Waals surface area contributed by atoms with Gasteiger partial charge in [0, 0.05) is 37.1 Å². The topological polar surface area (TPSA) is 89.7 Å². The number of thiophene rings is 1. The first-order chi connectivity index (χ1) is 12.5. The summed E-state index contributed by atoms with van der Waals surface area (Å²) in [5.41, 5.74) is 7.67. The Bertz CT molecular complexity index is 784. The van der Waals surface area contributed by atoms with E-state index in [1.807, 2.05) is 26.8 Å². The van der Waals surface area contributed by atoms with Gasteiger partial charge in [0.25, 0.3) is 5.91 Å². The molecule has 1 fully saturated rings. The molecule has 2 aromatic heterocycles. The van der Waals surface area contributed by atoms with Crippen LogP contribution >= 0.6 is 11.3 Å². The van der Waals surface area contributed by atoms with Gasteiger partial charge in [-0.1, -0.05) is 0 Å². The maximum absolute atomic E-state index is 12.3. The van der Waals surface area contributed by atoms with Gasteiger partial charge in [0.2, 0.25) is 5.88 Å². The van der Waals surface area contributed by atoms with Gasteiger partial charge in [-0.15, -0.1) is 11.3 Å². The Labute approximate surface area is 157 Å². The summed E-state index contributed by atoms with van der Waals surface area (Å²) in [6.45, 7) is 10.6. The molecule has 1 aliphatic heterocycles. The van der Waals surface area contributed by atoms with Crippen molar-refractivity contribution in [3.8, 4) is 5.88 Å². The fraction of sp³-hybridized carbons (Fsp3) is 0.556. The second kappa shape index (κ2) is 8.20. The highest BCUT2D eigenvalue weighted by Crippen LogP contribution is 2.36. The van der Waals surface area contributed by atoms with E-state index in [-0.39, 0.29) is 11.9 Å². The highest BCUT2D eigenvalue weighted by atomic mass is 32.1. The molecule has 2 aromatic rings. The molecule has 0 aliphatic carbocycles. The summed E-state index contributed by atoms with van der Waals surface area (Å²) >= 11 is 1.31. The smallest absolute Gasteiger partial charge is 0.263 e. The summed E-state index contributed by atoms with van der Waals surface area (Å²) in [7, 11) is 0. The Morgan fingerprint density at radius 1 is 1.46 bits per heavy atom. The molecule has 0 saturated carbocycles. The Balaban J connectivity index is 1.73. The number of aryl methyl sites for hydroxylation is 1. The van der Waals surface area contributed by atoms with Crippen LogP contribution in [0.4, 0.5) is 5.69 Å². The van der Waals surface area contributed by atoms with Crippen LogP contribution in [-0.4, -0.2) is 61.3 Å². The highest BCUT2D eigenvalue weighted by Gasteiger charge is 2.20. The van der Waals surface area contributed by atoms with Crippen molar-refractivity contribution >= 4 is 33.1 Å². The van der Waals surface area contributed by atoms with Crippen LogP contribution in [0.1, 0.15) is 29.1 Å². The van der Waals surface area contributed by atoms with Crippen LogP contribution in [0.15, 0.2) is 6.07 Å². The van der Waals surface area contributed by atoms with E-state index in [1.165, 1.54) is 11.3 Å². The van der Waals surface area contributed by atoms with Crippen LogP contribution in [0.2, 0.25) is 0 Å². The zero-order chi connectivity index (χ0) is 18.7. The summed E-state index contributed by atoms with van der Waals surface area (Å²) in [5, 5.41) is 3.72. The van der Waals surface area contributed by atoms with Crippen molar-refractivity contribution in [2.45, 2.75) is 26.8 Å². The number of amides is 1. The Hall–Kier alpha value is -1.90. The molecular weight excluding hydrogens is 352 g/mol. The van der Waals surface area contributed by atoms with Crippen molar-refractivity contribution in [2.24, 2.45) is 0 Å². The number of nitrogens with one attached hydrogen (secondary N) is 1. The molecule has 0 unspecified atom stereocenters. The number of rotatable bonds is 6. The molecule has 0 spiro atoms. The molecule has 3 N–H and O–H groups in total. The second-order valence-corrected chi connectivity index (χ2v) is 7.73. The molecule has 3 rings (SSSR count). The first-order valence-corrected chi connectivity index (χ1v) is 9.70. The second-order valence-electron chi connectivity index (χ2n) is 6.73. The maximum Gasteiger partial charge on any atom is 0.263 e. The number of nitrogen functional groups attached to an aromatic ring is 1. The van der Waals surface area contributed by atoms with E-state index in [0.29, 0.717) is 23.1 Å². The predicted octanol–water partition coefficient (Wildman–Crippen LogP) is 2.04. The Morgan fingerprint density at radius 2 is 2.19 bits per heavy atom. The molecular formula is C18H26N4O3S. The third-order valence-corrected chi connectivity index (χ3v) is 5.36. The third kappa shape index (κ3) is 4.25. The summed E-state index contributed by atoms with van der Waals surface area (Å²) < 4.78 is 11.2. The van der Waals surface area contributed by atoms with Gasteiger partial charge in [-0.05, 0) is 26.3 Å². The lowest BCUT2D eigenvalue weighted by molar-refractivity contribution is 0.0320. The van der Waals surface area contributed by atoms with Gasteiger partial charge in [0.1, 0.15) is 16.3 Å². The van der Waals surface area contributed by atoms with E-state index >= 15 is 0 Å². The number of morpholine rings is 1. The SMILES string of the molecule is Cc1cc(OCCN2CCOCC2)nc2sc(C(=O)NC(C)C)c(N)c12. The largest absolute Gasteiger partial charge is 0.476 e. The van der Waals surface area contributed by atoms with Crippen LogP contribution in [0.3, 0.4) is 0 Å². The fourth-order valence-corrected chi connectivity index (χ4v) is 4.02. The standard InChI is InChI=1S/C18H26N4O3S/c1-11(2)20-17(23)16-15(19)14-12(3)10-13(21-18(14)26-16)25-9-6-22-4-7-24-8-5-22/h10-11H,4-9,19H2,1-3H3,(H,20,23). The van der Waals surface area contributed by atoms with Crippen LogP contribution in [-0.2, 0) is 4.74 Å².